The van der Waals surface area contributed by atoms with Crippen molar-refractivity contribution in [3.05, 3.63) is 65.7 Å². The zero-order valence-electron chi connectivity index (χ0n) is 14.3. The van der Waals surface area contributed by atoms with E-state index in [4.69, 9.17) is 14.6 Å². The van der Waals surface area contributed by atoms with E-state index < -0.39 is 17.8 Å². The number of Topliss-reactive ketones (excluding diaryl/α,β-unsaturated/α-hetero) is 1. The third-order valence-corrected chi connectivity index (χ3v) is 4.26. The monoisotopic (exact) mass is 355 g/mol. The molecule has 6 nitrogen and oxygen atoms in total. The lowest BCUT2D eigenvalue weighted by atomic mass is 10.0. The zero-order chi connectivity index (χ0) is 18.4. The van der Waals surface area contributed by atoms with Crippen molar-refractivity contribution in [1.29, 1.82) is 0 Å². The summed E-state index contributed by atoms with van der Waals surface area (Å²) in [6, 6.07) is 15.2. The highest BCUT2D eigenvalue weighted by molar-refractivity contribution is 6.42. The van der Waals surface area contributed by atoms with Gasteiger partial charge in [-0.2, -0.15) is 0 Å². The Morgan fingerprint density at radius 2 is 1.85 bits per heavy atom. The van der Waals surface area contributed by atoms with Gasteiger partial charge >= 0.3 is 0 Å². The van der Waals surface area contributed by atoms with Crippen molar-refractivity contribution in [1.82, 2.24) is 5.32 Å². The molecular formula is C20H21NO5. The minimum Gasteiger partial charge on any atom is -0.486 e. The van der Waals surface area contributed by atoms with Gasteiger partial charge < -0.3 is 19.9 Å². The van der Waals surface area contributed by atoms with Crippen LogP contribution in [0.2, 0.25) is 0 Å². The second-order valence-electron chi connectivity index (χ2n) is 6.10. The Balaban J connectivity index is 1.64. The van der Waals surface area contributed by atoms with Crippen LogP contribution < -0.4 is 10.1 Å². The van der Waals surface area contributed by atoms with Crippen LogP contribution >= 0.6 is 0 Å². The van der Waals surface area contributed by atoms with E-state index in [-0.39, 0.29) is 12.6 Å². The van der Waals surface area contributed by atoms with Crippen molar-refractivity contribution in [2.24, 2.45) is 0 Å². The Morgan fingerprint density at radius 3 is 2.54 bits per heavy atom. The maximum Gasteiger partial charge on any atom is 0.292 e. The molecule has 2 aromatic carbocycles. The van der Waals surface area contributed by atoms with E-state index in [0.29, 0.717) is 30.9 Å². The van der Waals surface area contributed by atoms with Crippen LogP contribution in [0.15, 0.2) is 54.6 Å². The minimum absolute atomic E-state index is 0.0346. The van der Waals surface area contributed by atoms with Crippen LogP contribution in [0.5, 0.6) is 5.75 Å². The molecular weight excluding hydrogens is 334 g/mol. The fourth-order valence-electron chi connectivity index (χ4n) is 2.80. The number of aliphatic hydroxyl groups is 1. The highest BCUT2D eigenvalue weighted by Gasteiger charge is 2.30. The maximum atomic E-state index is 12.3. The Labute approximate surface area is 151 Å². The van der Waals surface area contributed by atoms with Crippen molar-refractivity contribution in [2.45, 2.75) is 25.2 Å². The van der Waals surface area contributed by atoms with Crippen molar-refractivity contribution in [3.63, 3.8) is 0 Å². The van der Waals surface area contributed by atoms with Gasteiger partial charge in [-0.3, -0.25) is 9.59 Å². The maximum absolute atomic E-state index is 12.3. The number of nitrogens with one attached hydrogen (secondary N) is 1. The lowest BCUT2D eigenvalue weighted by Gasteiger charge is -2.32. The number of hydrogen-bond donors (Lipinski definition) is 2. The van der Waals surface area contributed by atoms with Gasteiger partial charge in [0.2, 0.25) is 5.78 Å². The summed E-state index contributed by atoms with van der Waals surface area (Å²) in [6.45, 7) is 0.785. The van der Waals surface area contributed by atoms with Gasteiger partial charge in [-0.25, -0.2) is 0 Å². The molecule has 1 amide bonds. The van der Waals surface area contributed by atoms with Crippen molar-refractivity contribution >= 4 is 11.7 Å². The van der Waals surface area contributed by atoms with E-state index in [1.54, 1.807) is 54.6 Å². The van der Waals surface area contributed by atoms with Crippen LogP contribution in [-0.2, 0) is 16.1 Å². The van der Waals surface area contributed by atoms with Gasteiger partial charge in [0.1, 0.15) is 11.9 Å². The number of aliphatic hydroxyl groups excluding tert-OH is 1. The Morgan fingerprint density at radius 1 is 1.12 bits per heavy atom. The molecule has 2 aromatic rings. The zero-order valence-corrected chi connectivity index (χ0v) is 14.3. The molecule has 2 N–H and O–H groups in total. The van der Waals surface area contributed by atoms with E-state index in [0.717, 1.165) is 5.56 Å². The van der Waals surface area contributed by atoms with E-state index in [1.807, 2.05) is 0 Å². The normalized spacial score (nSPS) is 19.6. The highest BCUT2D eigenvalue weighted by Crippen LogP contribution is 2.19. The summed E-state index contributed by atoms with van der Waals surface area (Å²) < 4.78 is 11.4. The van der Waals surface area contributed by atoms with E-state index in [2.05, 4.69) is 5.32 Å². The van der Waals surface area contributed by atoms with Crippen LogP contribution in [0.1, 0.15) is 22.3 Å². The number of amides is 1. The summed E-state index contributed by atoms with van der Waals surface area (Å²) in [6.07, 6.45) is 0.170. The van der Waals surface area contributed by atoms with E-state index >= 15 is 0 Å². The minimum atomic E-state index is -0.646. The number of benzene rings is 2. The van der Waals surface area contributed by atoms with Gasteiger partial charge in [0.05, 0.1) is 19.3 Å². The van der Waals surface area contributed by atoms with Crippen LogP contribution in [-0.4, -0.2) is 42.2 Å². The molecule has 26 heavy (non-hydrogen) atoms. The number of carbonyl (C=O) groups excluding carboxylic acids is 2. The van der Waals surface area contributed by atoms with Crippen LogP contribution in [0, 0.1) is 0 Å². The molecule has 136 valence electrons. The first-order chi connectivity index (χ1) is 12.7. The van der Waals surface area contributed by atoms with E-state index in [9.17, 15) is 9.59 Å². The second-order valence-corrected chi connectivity index (χ2v) is 6.10. The number of carbonyl (C=O) groups is 2. The molecule has 0 bridgehead atoms. The molecule has 1 aliphatic rings. The van der Waals surface area contributed by atoms with Gasteiger partial charge in [0.15, 0.2) is 0 Å². The van der Waals surface area contributed by atoms with Crippen molar-refractivity contribution < 1.29 is 24.2 Å². The predicted octanol–water partition coefficient (Wildman–Crippen LogP) is 1.71. The van der Waals surface area contributed by atoms with Gasteiger partial charge in [0, 0.05) is 12.2 Å². The molecule has 0 spiro atoms. The molecule has 1 fully saturated rings. The standard InChI is InChI=1S/C20H21NO5/c22-12-14-6-8-16(9-7-14)26-18-13-25-11-10-17(18)21-20(24)19(23)15-4-2-1-3-5-15/h1-9,17-18,22H,10-13H2,(H,21,24)/t17-,18-/m1/s1. The molecule has 3 rings (SSSR count). The van der Waals surface area contributed by atoms with Gasteiger partial charge in [0.25, 0.3) is 5.91 Å². The molecule has 0 aliphatic carbocycles. The average molecular weight is 355 g/mol. The van der Waals surface area contributed by atoms with Gasteiger partial charge in [-0.1, -0.05) is 42.5 Å². The molecule has 1 saturated heterocycles. The fourth-order valence-corrected chi connectivity index (χ4v) is 2.80. The smallest absolute Gasteiger partial charge is 0.292 e. The largest absolute Gasteiger partial charge is 0.486 e. The molecule has 2 atom stereocenters. The fraction of sp³-hybridized carbons (Fsp3) is 0.300. The molecule has 1 aliphatic heterocycles. The highest BCUT2D eigenvalue weighted by atomic mass is 16.5. The number of ether oxygens (including phenoxy) is 2. The van der Waals surface area contributed by atoms with Crippen molar-refractivity contribution in [2.75, 3.05) is 13.2 Å². The Hall–Kier alpha value is -2.70. The molecule has 1 heterocycles. The molecule has 0 aromatic heterocycles. The third kappa shape index (κ3) is 4.47. The van der Waals surface area contributed by atoms with Crippen molar-refractivity contribution in [3.8, 4) is 5.75 Å². The van der Waals surface area contributed by atoms with Crippen LogP contribution in [0.25, 0.3) is 0 Å². The molecule has 0 saturated carbocycles. The van der Waals surface area contributed by atoms with E-state index in [1.165, 1.54) is 0 Å². The summed E-state index contributed by atoms with van der Waals surface area (Å²) in [4.78, 5) is 24.6. The first-order valence-corrected chi connectivity index (χ1v) is 8.52. The summed E-state index contributed by atoms with van der Waals surface area (Å²) in [7, 11) is 0. The lowest BCUT2D eigenvalue weighted by Crippen LogP contribution is -2.52. The average Bonchev–Trinajstić information content (AvgIpc) is 2.70. The van der Waals surface area contributed by atoms with Gasteiger partial charge in [-0.05, 0) is 24.1 Å². The second kappa shape index (κ2) is 8.60. The number of hydrogen-bond acceptors (Lipinski definition) is 5. The quantitative estimate of drug-likeness (QED) is 0.609. The SMILES string of the molecule is O=C(N[C@@H]1CCOC[C@H]1Oc1ccc(CO)cc1)C(=O)c1ccccc1. The molecule has 0 unspecified atom stereocenters. The summed E-state index contributed by atoms with van der Waals surface area (Å²) >= 11 is 0. The number of rotatable bonds is 6. The first kappa shape index (κ1) is 18.1. The lowest BCUT2D eigenvalue weighted by molar-refractivity contribution is -0.119. The molecule has 6 heteroatoms. The third-order valence-electron chi connectivity index (χ3n) is 4.26. The Kier molecular flexibility index (Phi) is 5.99. The topological polar surface area (TPSA) is 84.9 Å². The predicted molar refractivity (Wildman–Crippen MR) is 94.9 cm³/mol. The van der Waals surface area contributed by atoms with Crippen LogP contribution in [0.3, 0.4) is 0 Å². The molecule has 0 radical (unpaired) electrons. The number of ketones is 1. The van der Waals surface area contributed by atoms with Gasteiger partial charge in [-0.15, -0.1) is 0 Å². The first-order valence-electron chi connectivity index (χ1n) is 8.52. The summed E-state index contributed by atoms with van der Waals surface area (Å²) in [5.41, 5.74) is 1.14. The van der Waals surface area contributed by atoms with Crippen LogP contribution in [0.4, 0.5) is 0 Å². The Bertz CT molecular complexity index is 745. The summed E-state index contributed by atoms with van der Waals surface area (Å²) in [5.74, 6) is -0.596. The summed E-state index contributed by atoms with van der Waals surface area (Å²) in [5, 5.41) is 11.9.